The first-order valence-electron chi connectivity index (χ1n) is 32.0. The third-order valence-corrected chi connectivity index (χ3v) is 20.4. The number of carbonyl (C=O) groups is 6. The third kappa shape index (κ3) is 14.3. The molecule has 0 bridgehead atoms. The number of urea groups is 1. The van der Waals surface area contributed by atoms with Crippen molar-refractivity contribution in [3.8, 4) is 16.2 Å². The van der Waals surface area contributed by atoms with Crippen molar-refractivity contribution in [1.29, 1.82) is 0 Å². The summed E-state index contributed by atoms with van der Waals surface area (Å²) in [7, 11) is 0. The number of likely N-dealkylation sites (tertiary alicyclic amines) is 2. The van der Waals surface area contributed by atoms with Crippen molar-refractivity contribution in [2.75, 3.05) is 59.0 Å². The van der Waals surface area contributed by atoms with Crippen LogP contribution in [0.2, 0.25) is 10.0 Å². The molecule has 0 unspecified atom stereocenters. The van der Waals surface area contributed by atoms with Gasteiger partial charge in [-0.15, -0.1) is 11.3 Å². The fourth-order valence-corrected chi connectivity index (χ4v) is 14.2. The Hall–Kier alpha value is -7.64. The molecule has 0 spiro atoms. The van der Waals surface area contributed by atoms with E-state index in [-0.39, 0.29) is 41.6 Å². The normalized spacial score (nSPS) is 20.5. The molecule has 17 nitrogen and oxygen atoms in total. The minimum Gasteiger partial charge on any atom is -0.493 e. The molecule has 0 radical (unpaired) electrons. The number of carbonyl (C=O) groups excluding carboxylic acids is 6. The SMILES string of the molecule is CCOc1cc(C(C)(C)C)ccc1C1=N[C@@](C)(c2ccc(Cl)cc2)[C@@](C)(c2ccc(Cl)cc2)N1C(=O)N1CCN(CC(=O)N2CCC(C(=O)N[C@@H](C(=O)N[C@H](C(=O)N3CCC[C@H]3C(=O)NCc3ccc(-c4scnc4C)cc3)C(C)(C)C)c3ccccc3)CC2)CC1. The summed E-state index contributed by atoms with van der Waals surface area (Å²) in [5, 5.41) is 10.2. The molecular formula is C72H86Cl2N10O7S. The molecule has 0 saturated carbocycles. The Morgan fingerprint density at radius 2 is 1.37 bits per heavy atom. The van der Waals surface area contributed by atoms with E-state index in [1.807, 2.05) is 135 Å². The number of aryl methyl sites for hydroxylation is 1. The third-order valence-electron chi connectivity index (χ3n) is 18.9. The van der Waals surface area contributed by atoms with Gasteiger partial charge in [0.15, 0.2) is 0 Å². The van der Waals surface area contributed by atoms with Gasteiger partial charge in [0.2, 0.25) is 29.5 Å². The molecule has 4 aliphatic heterocycles. The number of hydrogen-bond donors (Lipinski definition) is 3. The molecule has 5 atom stereocenters. The van der Waals surface area contributed by atoms with Gasteiger partial charge in [0.25, 0.3) is 0 Å². The molecule has 3 fully saturated rings. The van der Waals surface area contributed by atoms with E-state index in [9.17, 15) is 24.0 Å². The summed E-state index contributed by atoms with van der Waals surface area (Å²) in [5.41, 5.74) is 5.66. The van der Waals surface area contributed by atoms with E-state index in [0.29, 0.717) is 117 Å². The number of rotatable bonds is 17. The molecule has 0 aliphatic carbocycles. The zero-order valence-electron chi connectivity index (χ0n) is 54.5. The fourth-order valence-electron chi connectivity index (χ4n) is 13.1. The molecule has 5 aromatic carbocycles. The van der Waals surface area contributed by atoms with Crippen molar-refractivity contribution in [2.45, 2.75) is 136 Å². The summed E-state index contributed by atoms with van der Waals surface area (Å²) in [4.78, 5) is 108. The summed E-state index contributed by atoms with van der Waals surface area (Å²) in [5.74, 6) is -0.971. The van der Waals surface area contributed by atoms with Crippen molar-refractivity contribution in [1.82, 2.24) is 45.4 Å². The fraction of sp³-hybridized carbons (Fsp3) is 0.444. The minimum atomic E-state index is -1.13. The first-order chi connectivity index (χ1) is 43.8. The van der Waals surface area contributed by atoms with Crippen LogP contribution in [-0.4, -0.2) is 142 Å². The maximum Gasteiger partial charge on any atom is 0.326 e. The van der Waals surface area contributed by atoms with Crippen LogP contribution in [0.15, 0.2) is 132 Å². The summed E-state index contributed by atoms with van der Waals surface area (Å²) in [6.07, 6.45) is 1.88. The lowest BCUT2D eigenvalue weighted by Gasteiger charge is -2.47. The van der Waals surface area contributed by atoms with Crippen LogP contribution in [0.4, 0.5) is 4.79 Å². The van der Waals surface area contributed by atoms with E-state index in [1.54, 1.807) is 45.4 Å². The molecule has 10 rings (SSSR count). The van der Waals surface area contributed by atoms with Gasteiger partial charge in [0, 0.05) is 68.3 Å². The Morgan fingerprint density at radius 1 is 0.728 bits per heavy atom. The lowest BCUT2D eigenvalue weighted by Crippen LogP contribution is -2.61. The summed E-state index contributed by atoms with van der Waals surface area (Å²) < 4.78 is 6.40. The van der Waals surface area contributed by atoms with Gasteiger partial charge < -0.3 is 35.4 Å². The molecule has 5 heterocycles. The maximum atomic E-state index is 15.7. The van der Waals surface area contributed by atoms with Crippen molar-refractivity contribution >= 4 is 75.9 Å². The predicted octanol–water partition coefficient (Wildman–Crippen LogP) is 11.7. The highest BCUT2D eigenvalue weighted by molar-refractivity contribution is 7.13. The lowest BCUT2D eigenvalue weighted by atomic mass is 9.71. The number of nitrogens with one attached hydrogen (secondary N) is 3. The van der Waals surface area contributed by atoms with Crippen LogP contribution >= 0.6 is 34.5 Å². The number of halogens is 2. The van der Waals surface area contributed by atoms with Gasteiger partial charge in [-0.05, 0) is 134 Å². The highest BCUT2D eigenvalue weighted by atomic mass is 35.5. The number of aliphatic imine (C=N–C) groups is 1. The van der Waals surface area contributed by atoms with Gasteiger partial charge in [0.1, 0.15) is 40.8 Å². The number of piperidine rings is 1. The van der Waals surface area contributed by atoms with Crippen molar-refractivity contribution in [3.05, 3.63) is 176 Å². The van der Waals surface area contributed by atoms with E-state index in [4.69, 9.17) is 32.9 Å². The molecule has 6 aromatic rings. The van der Waals surface area contributed by atoms with Crippen LogP contribution in [0.3, 0.4) is 0 Å². The van der Waals surface area contributed by atoms with E-state index < -0.39 is 46.4 Å². The quantitative estimate of drug-likeness (QED) is 0.0798. The Kier molecular flexibility index (Phi) is 20.4. The first-order valence-corrected chi connectivity index (χ1v) is 33.6. The predicted molar refractivity (Wildman–Crippen MR) is 363 cm³/mol. The number of nitrogens with zero attached hydrogens (tertiary/aromatic N) is 7. The Balaban J connectivity index is 0.773. The number of thiazole rings is 1. The van der Waals surface area contributed by atoms with Crippen molar-refractivity contribution in [2.24, 2.45) is 16.3 Å². The van der Waals surface area contributed by atoms with Gasteiger partial charge in [-0.25, -0.2) is 9.78 Å². The Labute approximate surface area is 555 Å². The minimum absolute atomic E-state index is 0.0705. The smallest absolute Gasteiger partial charge is 0.326 e. The highest BCUT2D eigenvalue weighted by Crippen LogP contribution is 2.54. The monoisotopic (exact) mass is 1300 g/mol. The van der Waals surface area contributed by atoms with Gasteiger partial charge >= 0.3 is 6.03 Å². The number of amides is 7. The van der Waals surface area contributed by atoms with Gasteiger partial charge in [-0.3, -0.25) is 38.8 Å². The molecule has 3 N–H and O–H groups in total. The van der Waals surface area contributed by atoms with Crippen LogP contribution < -0.4 is 20.7 Å². The van der Waals surface area contributed by atoms with E-state index in [0.717, 1.165) is 38.4 Å². The number of aromatic nitrogens is 1. The number of hydrogen-bond acceptors (Lipinski definition) is 11. The van der Waals surface area contributed by atoms with E-state index in [2.05, 4.69) is 72.6 Å². The molecule has 4 aliphatic rings. The molecule has 92 heavy (non-hydrogen) atoms. The van der Waals surface area contributed by atoms with Crippen LogP contribution in [0.5, 0.6) is 5.75 Å². The van der Waals surface area contributed by atoms with E-state index >= 15 is 4.79 Å². The lowest BCUT2D eigenvalue weighted by molar-refractivity contribution is -0.144. The molecular weight excluding hydrogens is 1220 g/mol. The number of benzene rings is 5. The van der Waals surface area contributed by atoms with Crippen LogP contribution in [-0.2, 0) is 47.0 Å². The van der Waals surface area contributed by atoms with Crippen LogP contribution in [0.25, 0.3) is 10.4 Å². The zero-order valence-corrected chi connectivity index (χ0v) is 56.8. The molecule has 7 amide bonds. The number of ether oxygens (including phenoxy) is 1. The van der Waals surface area contributed by atoms with Gasteiger partial charge in [-0.1, -0.05) is 150 Å². The van der Waals surface area contributed by atoms with Gasteiger partial charge in [0.05, 0.1) is 34.8 Å². The molecule has 3 saturated heterocycles. The average Bonchev–Trinajstić information content (AvgIpc) is 1.52. The standard InChI is InChI=1S/C72H86Cl2N10O7S/c1-11-91-58-42-53(69(3,4)5)27-32-56(58)63-79-71(9,51-23-28-54(73)29-24-51)72(10,52-25-30-55(74)31-26-52)84(63)68(90)82-40-38-80(39-41-82)44-59(85)81-36-33-50(34-37-81)64(86)77-60(48-16-13-12-14-17-48)66(88)78-62(70(6,7)8)67(89)83-35-15-18-57(83)65(87)75-43-47-19-21-49(22-20-47)61-46(2)76-45-92-61/h12-14,16-17,19-32,42,45,50,57,60,62H,11,15,18,33-41,43-44H2,1-10H3,(H,75,87)(H,77,86)(H,78,88)/t57-,60+,62+,71-,72+/m0/s1. The maximum absolute atomic E-state index is 15.7. The first kappa shape index (κ1) is 67.3. The number of amidine groups is 1. The van der Waals surface area contributed by atoms with Crippen LogP contribution in [0, 0.1) is 18.3 Å². The van der Waals surface area contributed by atoms with Crippen LogP contribution in [0.1, 0.15) is 133 Å². The van der Waals surface area contributed by atoms with Crippen molar-refractivity contribution in [3.63, 3.8) is 0 Å². The van der Waals surface area contributed by atoms with E-state index in [1.165, 1.54) is 0 Å². The second-order valence-electron chi connectivity index (χ2n) is 27.1. The number of piperazine rings is 1. The van der Waals surface area contributed by atoms with Crippen molar-refractivity contribution < 1.29 is 33.5 Å². The Morgan fingerprint density at radius 3 is 1.97 bits per heavy atom. The Bertz CT molecular complexity index is 3690. The second-order valence-corrected chi connectivity index (χ2v) is 28.8. The molecule has 1 aromatic heterocycles. The van der Waals surface area contributed by atoms with Gasteiger partial charge in [-0.2, -0.15) is 0 Å². The topological polar surface area (TPSA) is 189 Å². The summed E-state index contributed by atoms with van der Waals surface area (Å²) in [6, 6.07) is 35.2. The molecule has 486 valence electrons. The summed E-state index contributed by atoms with van der Waals surface area (Å²) in [6.45, 7) is 23.5. The second kappa shape index (κ2) is 27.9. The largest absolute Gasteiger partial charge is 0.493 e. The average molecular weight is 1310 g/mol. The summed E-state index contributed by atoms with van der Waals surface area (Å²) >= 11 is 14.6. The zero-order chi connectivity index (χ0) is 65.9. The molecule has 20 heteroatoms. The highest BCUT2D eigenvalue weighted by Gasteiger charge is 2.60.